The fraction of sp³-hybridized carbons (Fsp3) is 0.300. The number of aromatic nitrogens is 1. The summed E-state index contributed by atoms with van der Waals surface area (Å²) in [5, 5.41) is 1.23. The normalized spacial score (nSPS) is 17.2. The Balaban J connectivity index is 1.53. The fourth-order valence-corrected chi connectivity index (χ4v) is 3.74. The summed E-state index contributed by atoms with van der Waals surface area (Å²) in [5.74, 6) is 0.876. The molecule has 0 aliphatic carbocycles. The number of amides is 1. The van der Waals surface area contributed by atoms with Crippen molar-refractivity contribution >= 4 is 34.3 Å². The van der Waals surface area contributed by atoms with Crippen molar-refractivity contribution in [3.63, 3.8) is 0 Å². The molecule has 3 aromatic rings. The third-order valence-corrected chi connectivity index (χ3v) is 5.12. The first-order valence-corrected chi connectivity index (χ1v) is 9.28. The number of ether oxygens (including phenoxy) is 1. The molecule has 8 heteroatoms. The van der Waals surface area contributed by atoms with Gasteiger partial charge in [0.05, 0.1) is 13.3 Å². The summed E-state index contributed by atoms with van der Waals surface area (Å²) in [5.41, 5.74) is 0.498. The average molecular weight is 404 g/mol. The lowest BCUT2D eigenvalue weighted by molar-refractivity contribution is 0.0696. The number of methoxy groups -OCH3 is 1. The van der Waals surface area contributed by atoms with Crippen LogP contribution in [-0.2, 0) is 0 Å². The van der Waals surface area contributed by atoms with E-state index in [1.165, 1.54) is 19.4 Å². The minimum absolute atomic E-state index is 0.0315. The first-order chi connectivity index (χ1) is 13.5. The molecule has 6 nitrogen and oxygen atoms in total. The molecule has 1 aliphatic rings. The van der Waals surface area contributed by atoms with Crippen molar-refractivity contribution in [2.75, 3.05) is 31.6 Å². The van der Waals surface area contributed by atoms with Crippen molar-refractivity contribution in [2.24, 2.45) is 0 Å². The minimum atomic E-state index is -0.370. The summed E-state index contributed by atoms with van der Waals surface area (Å²) in [4.78, 5) is 20.9. The number of carbonyl (C=O) groups is 1. The minimum Gasteiger partial charge on any atom is -0.493 e. The van der Waals surface area contributed by atoms with Crippen molar-refractivity contribution in [3.05, 3.63) is 53.1 Å². The van der Waals surface area contributed by atoms with Crippen LogP contribution in [0.3, 0.4) is 0 Å². The van der Waals surface area contributed by atoms with Gasteiger partial charge in [0, 0.05) is 42.2 Å². The Kier molecular flexibility index (Phi) is 4.85. The number of benzene rings is 1. The van der Waals surface area contributed by atoms with E-state index in [0.717, 1.165) is 5.39 Å². The summed E-state index contributed by atoms with van der Waals surface area (Å²) in [6.07, 6.45) is 1.20. The Morgan fingerprint density at radius 2 is 2.14 bits per heavy atom. The molecule has 0 radical (unpaired) electrons. The molecule has 1 atom stereocenters. The zero-order valence-electron chi connectivity index (χ0n) is 15.5. The van der Waals surface area contributed by atoms with E-state index in [1.54, 1.807) is 29.2 Å². The Bertz CT molecular complexity index is 1020. The first-order valence-electron chi connectivity index (χ1n) is 8.91. The molecule has 1 fully saturated rings. The highest BCUT2D eigenvalue weighted by Crippen LogP contribution is 2.33. The number of furan rings is 1. The van der Waals surface area contributed by atoms with Crippen LogP contribution in [0, 0.1) is 5.82 Å². The average Bonchev–Trinajstić information content (AvgIpc) is 3.11. The number of pyridine rings is 1. The van der Waals surface area contributed by atoms with E-state index in [4.69, 9.17) is 20.8 Å². The molecule has 0 N–H and O–H groups in total. The van der Waals surface area contributed by atoms with E-state index < -0.39 is 0 Å². The molecular weight excluding hydrogens is 385 g/mol. The Morgan fingerprint density at radius 1 is 1.32 bits per heavy atom. The van der Waals surface area contributed by atoms with Gasteiger partial charge in [-0.05, 0) is 31.2 Å². The molecule has 1 unspecified atom stereocenters. The van der Waals surface area contributed by atoms with Crippen LogP contribution in [0.1, 0.15) is 17.5 Å². The summed E-state index contributed by atoms with van der Waals surface area (Å²) in [6, 6.07) is 8.14. The largest absolute Gasteiger partial charge is 0.493 e. The highest BCUT2D eigenvalue weighted by atomic mass is 35.5. The second kappa shape index (κ2) is 7.31. The van der Waals surface area contributed by atoms with E-state index in [-0.39, 0.29) is 23.5 Å². The number of halogens is 2. The van der Waals surface area contributed by atoms with Crippen molar-refractivity contribution in [3.8, 4) is 5.75 Å². The predicted molar refractivity (Wildman–Crippen MR) is 105 cm³/mol. The van der Waals surface area contributed by atoms with Crippen LogP contribution < -0.4 is 9.64 Å². The standard InChI is InChI=1S/C20H19ClFN3O3/c1-12-11-24(5-6-25(12)18-4-3-15(22)10-23-18)20(26)17-8-13-7-14(21)9-16(27-2)19(13)28-17/h3-4,7-10,12H,5-6,11H2,1-2H3. The molecule has 0 saturated carbocycles. The molecular formula is C20H19ClFN3O3. The molecule has 1 aliphatic heterocycles. The van der Waals surface area contributed by atoms with Crippen molar-refractivity contribution in [1.29, 1.82) is 0 Å². The molecule has 4 rings (SSSR count). The van der Waals surface area contributed by atoms with Gasteiger partial charge in [-0.1, -0.05) is 11.6 Å². The van der Waals surface area contributed by atoms with Crippen LogP contribution in [0.25, 0.3) is 11.0 Å². The third kappa shape index (κ3) is 3.38. The van der Waals surface area contributed by atoms with Crippen LogP contribution >= 0.6 is 11.6 Å². The van der Waals surface area contributed by atoms with Gasteiger partial charge in [-0.15, -0.1) is 0 Å². The zero-order chi connectivity index (χ0) is 19.8. The van der Waals surface area contributed by atoms with Gasteiger partial charge < -0.3 is 19.0 Å². The molecule has 146 valence electrons. The Hall–Kier alpha value is -2.80. The van der Waals surface area contributed by atoms with Gasteiger partial charge in [-0.3, -0.25) is 4.79 Å². The van der Waals surface area contributed by atoms with Gasteiger partial charge in [-0.2, -0.15) is 0 Å². The maximum atomic E-state index is 13.1. The number of piperazine rings is 1. The molecule has 0 spiro atoms. The number of nitrogens with zero attached hydrogens (tertiary/aromatic N) is 3. The van der Waals surface area contributed by atoms with Crippen molar-refractivity contribution in [2.45, 2.75) is 13.0 Å². The molecule has 0 bridgehead atoms. The summed E-state index contributed by atoms with van der Waals surface area (Å²) >= 11 is 6.09. The van der Waals surface area contributed by atoms with Gasteiger partial charge in [0.25, 0.3) is 5.91 Å². The lowest BCUT2D eigenvalue weighted by atomic mass is 10.1. The number of hydrogen-bond acceptors (Lipinski definition) is 5. The molecule has 2 aromatic heterocycles. The van der Waals surface area contributed by atoms with Gasteiger partial charge in [-0.25, -0.2) is 9.37 Å². The van der Waals surface area contributed by atoms with Gasteiger partial charge >= 0.3 is 0 Å². The topological polar surface area (TPSA) is 58.8 Å². The molecule has 1 saturated heterocycles. The highest BCUT2D eigenvalue weighted by Gasteiger charge is 2.30. The summed E-state index contributed by atoms with van der Waals surface area (Å²) < 4.78 is 24.2. The maximum Gasteiger partial charge on any atom is 0.289 e. The van der Waals surface area contributed by atoms with Gasteiger partial charge in [0.15, 0.2) is 17.1 Å². The maximum absolute atomic E-state index is 13.1. The van der Waals surface area contributed by atoms with Crippen molar-refractivity contribution in [1.82, 2.24) is 9.88 Å². The van der Waals surface area contributed by atoms with Crippen LogP contribution in [-0.4, -0.2) is 48.6 Å². The lowest BCUT2D eigenvalue weighted by Gasteiger charge is -2.40. The second-order valence-electron chi connectivity index (χ2n) is 6.77. The van der Waals surface area contributed by atoms with Crippen LogP contribution in [0.15, 0.2) is 40.9 Å². The van der Waals surface area contributed by atoms with E-state index in [2.05, 4.69) is 9.88 Å². The molecule has 3 heterocycles. The number of anilines is 1. The molecule has 1 amide bonds. The first kappa shape index (κ1) is 18.6. The zero-order valence-corrected chi connectivity index (χ0v) is 16.2. The quantitative estimate of drug-likeness (QED) is 0.662. The van der Waals surface area contributed by atoms with E-state index in [0.29, 0.717) is 41.8 Å². The number of rotatable bonds is 3. The van der Waals surface area contributed by atoms with Gasteiger partial charge in [0.1, 0.15) is 11.6 Å². The Morgan fingerprint density at radius 3 is 2.82 bits per heavy atom. The second-order valence-corrected chi connectivity index (χ2v) is 7.20. The number of fused-ring (bicyclic) bond motifs is 1. The van der Waals surface area contributed by atoms with Crippen LogP contribution in [0.2, 0.25) is 5.02 Å². The number of hydrogen-bond donors (Lipinski definition) is 0. The van der Waals surface area contributed by atoms with E-state index in [1.807, 2.05) is 6.92 Å². The SMILES string of the molecule is COc1cc(Cl)cc2cc(C(=O)N3CCN(c4ccc(F)cn4)C(C)C3)oc12. The third-order valence-electron chi connectivity index (χ3n) is 4.90. The predicted octanol–water partition coefficient (Wildman–Crippen LogP) is 3.98. The smallest absolute Gasteiger partial charge is 0.289 e. The van der Waals surface area contributed by atoms with E-state index in [9.17, 15) is 9.18 Å². The van der Waals surface area contributed by atoms with Crippen LogP contribution in [0.5, 0.6) is 5.75 Å². The Labute approximate surface area is 166 Å². The van der Waals surface area contributed by atoms with Crippen molar-refractivity contribution < 1.29 is 18.3 Å². The highest BCUT2D eigenvalue weighted by molar-refractivity contribution is 6.31. The number of carbonyl (C=O) groups excluding carboxylic acids is 1. The lowest BCUT2D eigenvalue weighted by Crippen LogP contribution is -2.54. The van der Waals surface area contributed by atoms with E-state index >= 15 is 0 Å². The van der Waals surface area contributed by atoms with Crippen LogP contribution in [0.4, 0.5) is 10.2 Å². The van der Waals surface area contributed by atoms with Gasteiger partial charge in [0.2, 0.25) is 0 Å². The summed E-state index contributed by atoms with van der Waals surface area (Å²) in [7, 11) is 1.53. The fourth-order valence-electron chi connectivity index (χ4n) is 3.52. The molecule has 28 heavy (non-hydrogen) atoms. The molecule has 1 aromatic carbocycles. The summed E-state index contributed by atoms with van der Waals surface area (Å²) in [6.45, 7) is 3.62. The monoisotopic (exact) mass is 403 g/mol.